The van der Waals surface area contributed by atoms with Gasteiger partial charge in [-0.2, -0.15) is 18.2 Å². The van der Waals surface area contributed by atoms with E-state index in [1.807, 2.05) is 6.92 Å². The van der Waals surface area contributed by atoms with Crippen LogP contribution in [0.5, 0.6) is 5.75 Å². The summed E-state index contributed by atoms with van der Waals surface area (Å²) in [5, 5.41) is 4.16. The number of esters is 1. The Morgan fingerprint density at radius 2 is 1.65 bits per heavy atom. The zero-order chi connectivity index (χ0) is 30.5. The molecule has 1 heterocycles. The summed E-state index contributed by atoms with van der Waals surface area (Å²) >= 11 is 0. The highest BCUT2D eigenvalue weighted by Gasteiger charge is 2.41. The van der Waals surface area contributed by atoms with Gasteiger partial charge in [0.1, 0.15) is 22.6 Å². The Morgan fingerprint density at radius 1 is 1.02 bits per heavy atom. The van der Waals surface area contributed by atoms with E-state index in [1.165, 1.54) is 6.07 Å². The Hall–Kier alpha value is -3.97. The van der Waals surface area contributed by atoms with Crippen molar-refractivity contribution in [3.05, 3.63) is 35.6 Å². The van der Waals surface area contributed by atoms with E-state index in [-0.39, 0.29) is 23.6 Å². The van der Waals surface area contributed by atoms with Gasteiger partial charge in [-0.05, 0) is 66.2 Å². The predicted octanol–water partition coefficient (Wildman–Crippen LogP) is 6.04. The molecule has 1 unspecified atom stereocenters. The average molecular weight is 574 g/mol. The van der Waals surface area contributed by atoms with Crippen molar-refractivity contribution in [1.82, 2.24) is 15.6 Å². The fraction of sp³-hybridized carbons (Fsp3) is 0.538. The number of halogens is 3. The summed E-state index contributed by atoms with van der Waals surface area (Å²) in [6.07, 6.45) is -6.53. The number of rotatable bonds is 7. The quantitative estimate of drug-likeness (QED) is 0.239. The van der Waals surface area contributed by atoms with E-state index in [2.05, 4.69) is 10.6 Å². The molecule has 2 aromatic rings. The highest BCUT2D eigenvalue weighted by atomic mass is 19.4. The van der Waals surface area contributed by atoms with E-state index in [9.17, 15) is 27.6 Å². The molecular weight excluding hydrogens is 539 g/mol. The third-order valence-corrected chi connectivity index (χ3v) is 4.73. The molecule has 40 heavy (non-hydrogen) atoms. The normalized spacial score (nSPS) is 12.8. The maximum absolute atomic E-state index is 13.9. The van der Waals surface area contributed by atoms with Crippen molar-refractivity contribution in [3.8, 4) is 17.0 Å². The number of hydrazine groups is 1. The molecule has 0 spiro atoms. The minimum absolute atomic E-state index is 0.00624. The van der Waals surface area contributed by atoms with Gasteiger partial charge < -0.3 is 23.5 Å². The van der Waals surface area contributed by atoms with Crippen LogP contribution in [0.4, 0.5) is 22.8 Å². The van der Waals surface area contributed by atoms with Gasteiger partial charge in [-0.3, -0.25) is 0 Å². The Labute approximate surface area is 229 Å². The van der Waals surface area contributed by atoms with Crippen LogP contribution in [0.15, 0.2) is 28.8 Å². The third kappa shape index (κ3) is 9.06. The summed E-state index contributed by atoms with van der Waals surface area (Å²) < 4.78 is 67.6. The summed E-state index contributed by atoms with van der Waals surface area (Å²) in [6, 6.07) is 2.48. The lowest BCUT2D eigenvalue weighted by atomic mass is 10.0. The van der Waals surface area contributed by atoms with Gasteiger partial charge in [0.15, 0.2) is 5.76 Å². The topological polar surface area (TPSA) is 129 Å². The van der Waals surface area contributed by atoms with Crippen molar-refractivity contribution in [2.45, 2.75) is 78.3 Å². The van der Waals surface area contributed by atoms with Gasteiger partial charge in [0.05, 0.1) is 19.3 Å². The molecule has 1 aromatic carbocycles. The number of amides is 2. The number of hydrogen-bond acceptors (Lipinski definition) is 9. The van der Waals surface area contributed by atoms with E-state index in [0.29, 0.717) is 11.4 Å². The maximum Gasteiger partial charge on any atom is 0.430 e. The van der Waals surface area contributed by atoms with Gasteiger partial charge in [0.25, 0.3) is 0 Å². The lowest BCUT2D eigenvalue weighted by molar-refractivity contribution is -0.149. The molecule has 0 saturated heterocycles. The summed E-state index contributed by atoms with van der Waals surface area (Å²) in [6.45, 7) is 11.4. The third-order valence-electron chi connectivity index (χ3n) is 4.73. The van der Waals surface area contributed by atoms with E-state index in [4.69, 9.17) is 23.5 Å². The van der Waals surface area contributed by atoms with E-state index in [0.717, 1.165) is 25.3 Å². The first-order valence-electron chi connectivity index (χ1n) is 12.3. The number of carbonyl (C=O) groups is 3. The zero-order valence-electron chi connectivity index (χ0n) is 23.6. The van der Waals surface area contributed by atoms with Gasteiger partial charge in [-0.25, -0.2) is 19.8 Å². The van der Waals surface area contributed by atoms with E-state index in [1.54, 1.807) is 41.5 Å². The average Bonchev–Trinajstić information content (AvgIpc) is 3.28. The molecule has 1 aromatic heterocycles. The van der Waals surface area contributed by atoms with Crippen LogP contribution < -0.4 is 10.2 Å². The Morgan fingerprint density at radius 3 is 2.17 bits per heavy atom. The lowest BCUT2D eigenvalue weighted by Crippen LogP contribution is -2.53. The summed E-state index contributed by atoms with van der Waals surface area (Å²) in [4.78, 5) is 38.5. The standard InChI is InChI=1S/C26H34F3N3O8/c1-9-12-37-15-10-11-16(17(13-15)26(27,28)29)18-14-19(40-31-18)20(21(33)36-8)32(23(35)39-25(5,6)7)30-22(34)38-24(2,3)4/h10-11,13-14,20H,9,12H2,1-8H3,(H,30,34). The molecule has 1 N–H and O–H groups in total. The number of hydrogen-bond donors (Lipinski definition) is 1. The summed E-state index contributed by atoms with van der Waals surface area (Å²) in [7, 11) is 1.00. The van der Waals surface area contributed by atoms with Crippen molar-refractivity contribution < 1.29 is 51.0 Å². The molecule has 222 valence electrons. The van der Waals surface area contributed by atoms with Crippen LogP contribution in [-0.4, -0.2) is 53.2 Å². The number of nitrogens with one attached hydrogen (secondary N) is 1. The molecule has 2 rings (SSSR count). The molecular formula is C26H34F3N3O8. The number of alkyl halides is 3. The Bertz CT molecular complexity index is 1200. The van der Waals surface area contributed by atoms with Crippen molar-refractivity contribution in [1.29, 1.82) is 0 Å². The van der Waals surface area contributed by atoms with Gasteiger partial charge >= 0.3 is 24.3 Å². The van der Waals surface area contributed by atoms with Gasteiger partial charge in [0.2, 0.25) is 6.04 Å². The first-order valence-corrected chi connectivity index (χ1v) is 12.3. The predicted molar refractivity (Wildman–Crippen MR) is 135 cm³/mol. The van der Waals surface area contributed by atoms with Crippen LogP contribution in [-0.2, 0) is 25.2 Å². The smallest absolute Gasteiger partial charge is 0.430 e. The SMILES string of the molecule is CCCOc1ccc(-c2cc(C(C(=O)OC)N(NC(=O)OC(C)(C)C)C(=O)OC(C)(C)C)on2)c(C(F)(F)F)c1. The van der Waals surface area contributed by atoms with Gasteiger partial charge in [-0.15, -0.1) is 0 Å². The fourth-order valence-corrected chi connectivity index (χ4v) is 3.22. The second-order valence-corrected chi connectivity index (χ2v) is 10.6. The van der Waals surface area contributed by atoms with Crippen LogP contribution in [0.1, 0.15) is 72.3 Å². The lowest BCUT2D eigenvalue weighted by Gasteiger charge is -2.31. The minimum Gasteiger partial charge on any atom is -0.494 e. The molecule has 2 amide bonds. The van der Waals surface area contributed by atoms with E-state index >= 15 is 0 Å². The van der Waals surface area contributed by atoms with Crippen LogP contribution >= 0.6 is 0 Å². The molecule has 1 atom stereocenters. The molecule has 0 saturated carbocycles. The molecule has 14 heteroatoms. The Balaban J connectivity index is 2.60. The molecule has 0 bridgehead atoms. The number of ether oxygens (including phenoxy) is 4. The van der Waals surface area contributed by atoms with Crippen LogP contribution in [0.2, 0.25) is 0 Å². The molecule has 0 aliphatic carbocycles. The maximum atomic E-state index is 13.9. The first kappa shape index (κ1) is 32.2. The van der Waals surface area contributed by atoms with Gasteiger partial charge in [-0.1, -0.05) is 12.1 Å². The van der Waals surface area contributed by atoms with Crippen LogP contribution in [0.3, 0.4) is 0 Å². The minimum atomic E-state index is -4.79. The zero-order valence-corrected chi connectivity index (χ0v) is 23.6. The second kappa shape index (κ2) is 12.5. The molecule has 11 nitrogen and oxygen atoms in total. The molecule has 0 aliphatic heterocycles. The highest BCUT2D eigenvalue weighted by Crippen LogP contribution is 2.40. The monoisotopic (exact) mass is 573 g/mol. The first-order chi connectivity index (χ1) is 18.4. The number of nitrogens with zero attached hydrogens (tertiary/aromatic N) is 2. The molecule has 0 aliphatic rings. The molecule has 0 fully saturated rings. The second-order valence-electron chi connectivity index (χ2n) is 10.6. The fourth-order valence-electron chi connectivity index (χ4n) is 3.22. The number of benzene rings is 1. The Kier molecular flexibility index (Phi) is 10.1. The van der Waals surface area contributed by atoms with Crippen molar-refractivity contribution in [2.75, 3.05) is 13.7 Å². The largest absolute Gasteiger partial charge is 0.494 e. The van der Waals surface area contributed by atoms with Crippen molar-refractivity contribution in [2.24, 2.45) is 0 Å². The van der Waals surface area contributed by atoms with Crippen LogP contribution in [0.25, 0.3) is 11.3 Å². The summed E-state index contributed by atoms with van der Waals surface area (Å²) in [5.74, 6) is -1.54. The van der Waals surface area contributed by atoms with Crippen LogP contribution in [0, 0.1) is 0 Å². The number of aromatic nitrogens is 1. The number of methoxy groups -OCH3 is 1. The highest BCUT2D eigenvalue weighted by molar-refractivity contribution is 5.84. The van der Waals surface area contributed by atoms with Crippen molar-refractivity contribution >= 4 is 18.2 Å². The van der Waals surface area contributed by atoms with Gasteiger partial charge in [0, 0.05) is 11.6 Å². The molecule has 0 radical (unpaired) electrons. The summed E-state index contributed by atoms with van der Waals surface area (Å²) in [5.41, 5.74) is -1.66. The number of carbonyl (C=O) groups excluding carboxylic acids is 3. The van der Waals surface area contributed by atoms with E-state index < -0.39 is 52.9 Å². The van der Waals surface area contributed by atoms with Crippen molar-refractivity contribution in [3.63, 3.8) is 0 Å².